The highest BCUT2D eigenvalue weighted by Gasteiger charge is 2.36. The fraction of sp³-hybridized carbons (Fsp3) is 0.733. The standard InChI is InChI=1S/C15H23N3O/c1-4-19-14(10-5-6-10)15-17-12-8-16-7-11(12)13(18-15)9(2)3/h9-10,14,16H,4-8H2,1-3H3. The van der Waals surface area contributed by atoms with Crippen LogP contribution in [0.3, 0.4) is 0 Å². The minimum absolute atomic E-state index is 0.105. The number of ether oxygens (including phenoxy) is 1. The molecular weight excluding hydrogens is 238 g/mol. The molecule has 1 atom stereocenters. The van der Waals surface area contributed by atoms with Gasteiger partial charge in [-0.05, 0) is 31.6 Å². The Hall–Kier alpha value is -1.00. The Morgan fingerprint density at radius 2 is 2.05 bits per heavy atom. The van der Waals surface area contributed by atoms with E-state index in [1.165, 1.54) is 29.8 Å². The number of fused-ring (bicyclic) bond motifs is 1. The van der Waals surface area contributed by atoms with Crippen LogP contribution < -0.4 is 5.32 Å². The van der Waals surface area contributed by atoms with Gasteiger partial charge >= 0.3 is 0 Å². The van der Waals surface area contributed by atoms with E-state index in [1.807, 2.05) is 6.92 Å². The number of rotatable bonds is 5. The fourth-order valence-corrected chi connectivity index (χ4v) is 2.82. The molecule has 1 aromatic rings. The Labute approximate surface area is 115 Å². The molecule has 0 saturated heterocycles. The van der Waals surface area contributed by atoms with Gasteiger partial charge in [-0.2, -0.15) is 0 Å². The molecule has 2 heterocycles. The maximum atomic E-state index is 5.90. The van der Waals surface area contributed by atoms with E-state index < -0.39 is 0 Å². The molecule has 0 spiro atoms. The second kappa shape index (κ2) is 5.17. The van der Waals surface area contributed by atoms with Crippen LogP contribution in [0.15, 0.2) is 0 Å². The molecule has 4 nitrogen and oxygen atoms in total. The number of nitrogens with zero attached hydrogens (tertiary/aromatic N) is 2. The van der Waals surface area contributed by atoms with Crippen molar-refractivity contribution in [1.82, 2.24) is 15.3 Å². The highest BCUT2D eigenvalue weighted by atomic mass is 16.5. The lowest BCUT2D eigenvalue weighted by Crippen LogP contribution is -2.15. The van der Waals surface area contributed by atoms with Crippen molar-refractivity contribution < 1.29 is 4.74 Å². The lowest BCUT2D eigenvalue weighted by atomic mass is 10.0. The predicted molar refractivity (Wildman–Crippen MR) is 73.8 cm³/mol. The molecule has 1 unspecified atom stereocenters. The molecule has 3 rings (SSSR count). The van der Waals surface area contributed by atoms with E-state index in [2.05, 4.69) is 19.2 Å². The maximum Gasteiger partial charge on any atom is 0.157 e. The molecule has 1 aliphatic heterocycles. The first-order valence-electron chi connectivity index (χ1n) is 7.42. The number of hydrogen-bond acceptors (Lipinski definition) is 4. The second-order valence-corrected chi connectivity index (χ2v) is 5.86. The monoisotopic (exact) mass is 261 g/mol. The van der Waals surface area contributed by atoms with E-state index in [9.17, 15) is 0 Å². The van der Waals surface area contributed by atoms with Crippen molar-refractivity contribution in [2.45, 2.75) is 58.7 Å². The van der Waals surface area contributed by atoms with Crippen LogP contribution in [0, 0.1) is 5.92 Å². The largest absolute Gasteiger partial charge is 0.370 e. The summed E-state index contributed by atoms with van der Waals surface area (Å²) in [6.45, 7) is 8.97. The van der Waals surface area contributed by atoms with Gasteiger partial charge in [0.1, 0.15) is 6.10 Å². The Morgan fingerprint density at radius 1 is 1.26 bits per heavy atom. The van der Waals surface area contributed by atoms with Crippen LogP contribution in [-0.4, -0.2) is 16.6 Å². The Kier molecular flexibility index (Phi) is 3.54. The van der Waals surface area contributed by atoms with Gasteiger partial charge in [0.05, 0.1) is 11.4 Å². The Morgan fingerprint density at radius 3 is 2.68 bits per heavy atom. The summed E-state index contributed by atoms with van der Waals surface area (Å²) in [5, 5.41) is 3.38. The zero-order chi connectivity index (χ0) is 13.4. The molecule has 0 aromatic carbocycles. The SMILES string of the molecule is CCOC(c1nc2c(c(C(C)C)n1)CNC2)C1CC1. The Bertz CT molecular complexity index is 469. The van der Waals surface area contributed by atoms with Crippen LogP contribution in [0.1, 0.15) is 68.4 Å². The fourth-order valence-electron chi connectivity index (χ4n) is 2.82. The number of aromatic nitrogens is 2. The first-order valence-corrected chi connectivity index (χ1v) is 7.42. The summed E-state index contributed by atoms with van der Waals surface area (Å²) < 4.78 is 5.90. The lowest BCUT2D eigenvalue weighted by molar-refractivity contribution is 0.0397. The van der Waals surface area contributed by atoms with Crippen molar-refractivity contribution in [3.05, 3.63) is 22.8 Å². The maximum absolute atomic E-state index is 5.90. The molecule has 1 N–H and O–H groups in total. The molecule has 1 saturated carbocycles. The average molecular weight is 261 g/mol. The second-order valence-electron chi connectivity index (χ2n) is 5.86. The minimum atomic E-state index is 0.105. The molecule has 1 aromatic heterocycles. The summed E-state index contributed by atoms with van der Waals surface area (Å²) in [4.78, 5) is 9.63. The third-order valence-electron chi connectivity index (χ3n) is 3.93. The normalized spacial score (nSPS) is 19.8. The van der Waals surface area contributed by atoms with E-state index in [4.69, 9.17) is 14.7 Å². The quantitative estimate of drug-likeness (QED) is 0.885. The highest BCUT2D eigenvalue weighted by Crippen LogP contribution is 2.42. The van der Waals surface area contributed by atoms with Crippen LogP contribution in [0.4, 0.5) is 0 Å². The van der Waals surface area contributed by atoms with Gasteiger partial charge < -0.3 is 10.1 Å². The van der Waals surface area contributed by atoms with Crippen molar-refractivity contribution in [2.75, 3.05) is 6.61 Å². The summed E-state index contributed by atoms with van der Waals surface area (Å²) in [6.07, 6.45) is 2.61. The van der Waals surface area contributed by atoms with E-state index in [0.29, 0.717) is 11.8 Å². The molecule has 0 amide bonds. The van der Waals surface area contributed by atoms with Crippen molar-refractivity contribution in [3.8, 4) is 0 Å². The van der Waals surface area contributed by atoms with Gasteiger partial charge in [-0.25, -0.2) is 9.97 Å². The molecule has 0 radical (unpaired) electrons. The van der Waals surface area contributed by atoms with Crippen LogP contribution in [0.5, 0.6) is 0 Å². The van der Waals surface area contributed by atoms with Gasteiger partial charge in [0, 0.05) is 25.3 Å². The minimum Gasteiger partial charge on any atom is -0.370 e. The summed E-state index contributed by atoms with van der Waals surface area (Å²) in [5.74, 6) is 1.99. The van der Waals surface area contributed by atoms with Gasteiger partial charge in [-0.1, -0.05) is 13.8 Å². The summed E-state index contributed by atoms with van der Waals surface area (Å²) in [5.41, 5.74) is 3.69. The van der Waals surface area contributed by atoms with Crippen molar-refractivity contribution >= 4 is 0 Å². The van der Waals surface area contributed by atoms with Crippen molar-refractivity contribution in [1.29, 1.82) is 0 Å². The summed E-state index contributed by atoms with van der Waals surface area (Å²) in [6, 6.07) is 0. The van der Waals surface area contributed by atoms with E-state index in [1.54, 1.807) is 0 Å². The molecule has 104 valence electrons. The van der Waals surface area contributed by atoms with Crippen molar-refractivity contribution in [3.63, 3.8) is 0 Å². The third kappa shape index (κ3) is 2.51. The lowest BCUT2D eigenvalue weighted by Gasteiger charge is -2.18. The summed E-state index contributed by atoms with van der Waals surface area (Å²) >= 11 is 0. The van der Waals surface area contributed by atoms with Crippen molar-refractivity contribution in [2.24, 2.45) is 5.92 Å². The number of nitrogens with one attached hydrogen (secondary N) is 1. The van der Waals surface area contributed by atoms with Crippen LogP contribution in [-0.2, 0) is 17.8 Å². The molecular formula is C15H23N3O. The summed E-state index contributed by atoms with van der Waals surface area (Å²) in [7, 11) is 0. The van der Waals surface area contributed by atoms with E-state index in [0.717, 1.165) is 25.5 Å². The van der Waals surface area contributed by atoms with Crippen LogP contribution >= 0.6 is 0 Å². The zero-order valence-electron chi connectivity index (χ0n) is 12.1. The zero-order valence-corrected chi connectivity index (χ0v) is 12.1. The van der Waals surface area contributed by atoms with Gasteiger partial charge in [0.2, 0.25) is 0 Å². The molecule has 4 heteroatoms. The molecule has 19 heavy (non-hydrogen) atoms. The van der Waals surface area contributed by atoms with Gasteiger partial charge in [0.25, 0.3) is 0 Å². The molecule has 2 aliphatic rings. The average Bonchev–Trinajstić information content (AvgIpc) is 3.11. The molecule has 0 bridgehead atoms. The van der Waals surface area contributed by atoms with E-state index in [-0.39, 0.29) is 6.10 Å². The van der Waals surface area contributed by atoms with Crippen LogP contribution in [0.2, 0.25) is 0 Å². The van der Waals surface area contributed by atoms with Crippen LogP contribution in [0.25, 0.3) is 0 Å². The first-order chi connectivity index (χ1) is 9.20. The Balaban J connectivity index is 1.99. The smallest absolute Gasteiger partial charge is 0.157 e. The van der Waals surface area contributed by atoms with Gasteiger partial charge in [-0.3, -0.25) is 0 Å². The number of hydrogen-bond donors (Lipinski definition) is 1. The molecule has 1 fully saturated rings. The van der Waals surface area contributed by atoms with E-state index >= 15 is 0 Å². The highest BCUT2D eigenvalue weighted by molar-refractivity contribution is 5.31. The van der Waals surface area contributed by atoms with Gasteiger partial charge in [-0.15, -0.1) is 0 Å². The van der Waals surface area contributed by atoms with Gasteiger partial charge in [0.15, 0.2) is 5.82 Å². The first kappa shape index (κ1) is 13.0. The topological polar surface area (TPSA) is 47.0 Å². The third-order valence-corrected chi connectivity index (χ3v) is 3.93. The predicted octanol–water partition coefficient (Wildman–Crippen LogP) is 2.69. The molecule has 1 aliphatic carbocycles.